The molecule has 6 nitrogen and oxygen atoms in total. The molecule has 0 fully saturated rings. The number of nitrogens with one attached hydrogen (secondary N) is 2. The normalized spacial score (nSPS) is 12.2. The molecule has 8 heteroatoms. The fourth-order valence-electron chi connectivity index (χ4n) is 2.65. The van der Waals surface area contributed by atoms with Crippen molar-refractivity contribution in [1.82, 2.24) is 14.9 Å². The van der Waals surface area contributed by atoms with Crippen molar-refractivity contribution in [2.24, 2.45) is 4.99 Å². The van der Waals surface area contributed by atoms with Crippen LogP contribution in [0.15, 0.2) is 64.5 Å². The lowest BCUT2D eigenvalue weighted by Gasteiger charge is -2.22. The van der Waals surface area contributed by atoms with Gasteiger partial charge in [0.25, 0.3) is 0 Å². The Kier molecular flexibility index (Phi) is 9.57. The predicted octanol–water partition coefficient (Wildman–Crippen LogP) is 3.59. The molecule has 0 saturated heterocycles. The number of hydrogen-bond donors (Lipinski definition) is 2. The van der Waals surface area contributed by atoms with E-state index in [1.54, 1.807) is 12.1 Å². The zero-order chi connectivity index (χ0) is 20.8. The molecular weight excluding hydrogens is 499 g/mol. The Morgan fingerprint density at radius 3 is 2.17 bits per heavy atom. The fraction of sp³-hybridized carbons (Fsp3) is 0.381. The van der Waals surface area contributed by atoms with Crippen LogP contribution in [-0.2, 0) is 23.1 Å². The molecule has 2 N–H and O–H groups in total. The maximum atomic E-state index is 12.8. The molecule has 0 aliphatic heterocycles. The molecule has 0 saturated carbocycles. The molecule has 160 valence electrons. The second-order valence-electron chi connectivity index (χ2n) is 7.84. The molecule has 0 radical (unpaired) electrons. The Balaban J connectivity index is 0.00000420. The number of benzene rings is 2. The highest BCUT2D eigenvalue weighted by Crippen LogP contribution is 2.17. The van der Waals surface area contributed by atoms with Gasteiger partial charge in [0, 0.05) is 26.2 Å². The lowest BCUT2D eigenvalue weighted by atomic mass is 10.1. The summed E-state index contributed by atoms with van der Waals surface area (Å²) in [5.74, 6) is 0.694. The van der Waals surface area contributed by atoms with Gasteiger partial charge >= 0.3 is 0 Å². The minimum absolute atomic E-state index is 0. The Bertz CT molecular complexity index is 908. The molecule has 0 atom stereocenters. The van der Waals surface area contributed by atoms with Crippen LogP contribution in [0.2, 0.25) is 0 Å². The fourth-order valence-corrected chi connectivity index (χ4v) is 4.31. The first-order valence-electron chi connectivity index (χ1n) is 9.20. The molecule has 29 heavy (non-hydrogen) atoms. The van der Waals surface area contributed by atoms with Crippen molar-refractivity contribution < 1.29 is 8.42 Å². The molecule has 0 unspecified atom stereocenters. The van der Waals surface area contributed by atoms with Crippen LogP contribution in [0.3, 0.4) is 0 Å². The monoisotopic (exact) mass is 530 g/mol. The van der Waals surface area contributed by atoms with Gasteiger partial charge in [-0.1, -0.05) is 48.5 Å². The van der Waals surface area contributed by atoms with Gasteiger partial charge in [-0.05, 0) is 38.0 Å². The molecule has 2 aromatic rings. The van der Waals surface area contributed by atoms with E-state index in [1.165, 1.54) is 0 Å². The first kappa shape index (κ1) is 25.4. The lowest BCUT2D eigenvalue weighted by molar-refractivity contribution is 0.490. The second-order valence-corrected chi connectivity index (χ2v) is 9.49. The molecular formula is C21H31IN4O2S. The van der Waals surface area contributed by atoms with E-state index in [0.29, 0.717) is 24.6 Å². The molecule has 2 rings (SSSR count). The molecule has 0 heterocycles. The van der Waals surface area contributed by atoms with Gasteiger partial charge in [0.1, 0.15) is 0 Å². The maximum absolute atomic E-state index is 12.8. The zero-order valence-corrected chi connectivity index (χ0v) is 20.8. The van der Waals surface area contributed by atoms with Crippen molar-refractivity contribution in [3.8, 4) is 0 Å². The Labute approximate surface area is 191 Å². The number of halogens is 1. The minimum atomic E-state index is -3.62. The standard InChI is InChI=1S/C21H30N4O2S.HI/c1-21(2,3)24-28(26,27)19-14-10-9-13-18(19)16-23-20(25(4)5)22-15-17-11-7-6-8-12-17;/h6-14,24H,15-16H2,1-5H3,(H,22,23);1H. The van der Waals surface area contributed by atoms with Crippen LogP contribution in [0.5, 0.6) is 0 Å². The highest BCUT2D eigenvalue weighted by atomic mass is 127. The first-order chi connectivity index (χ1) is 13.1. The number of rotatable bonds is 6. The quantitative estimate of drug-likeness (QED) is 0.340. The van der Waals surface area contributed by atoms with Gasteiger partial charge in [-0.25, -0.2) is 18.1 Å². The van der Waals surface area contributed by atoms with Crippen LogP contribution in [0.4, 0.5) is 0 Å². The summed E-state index contributed by atoms with van der Waals surface area (Å²) < 4.78 is 28.3. The van der Waals surface area contributed by atoms with Crippen molar-refractivity contribution in [3.05, 3.63) is 65.7 Å². The summed E-state index contributed by atoms with van der Waals surface area (Å²) in [5, 5.41) is 3.26. The third kappa shape index (κ3) is 8.31. The van der Waals surface area contributed by atoms with Crippen LogP contribution < -0.4 is 10.0 Å². The van der Waals surface area contributed by atoms with Crippen LogP contribution >= 0.6 is 24.0 Å². The van der Waals surface area contributed by atoms with Crippen molar-refractivity contribution >= 4 is 40.0 Å². The largest absolute Gasteiger partial charge is 0.352 e. The number of sulfonamides is 1. The van der Waals surface area contributed by atoms with Crippen LogP contribution in [0, 0.1) is 0 Å². The Morgan fingerprint density at radius 2 is 1.59 bits per heavy atom. The minimum Gasteiger partial charge on any atom is -0.352 e. The van der Waals surface area contributed by atoms with E-state index in [4.69, 9.17) is 0 Å². The molecule has 2 aromatic carbocycles. The van der Waals surface area contributed by atoms with Gasteiger partial charge in [-0.3, -0.25) is 0 Å². The topological polar surface area (TPSA) is 73.8 Å². The summed E-state index contributed by atoms with van der Waals surface area (Å²) in [7, 11) is 0.191. The third-order valence-electron chi connectivity index (χ3n) is 3.82. The van der Waals surface area contributed by atoms with Gasteiger partial charge in [0.05, 0.1) is 11.4 Å². The van der Waals surface area contributed by atoms with Crippen LogP contribution in [-0.4, -0.2) is 38.9 Å². The smallest absolute Gasteiger partial charge is 0.241 e. The predicted molar refractivity (Wildman–Crippen MR) is 130 cm³/mol. The zero-order valence-electron chi connectivity index (χ0n) is 17.6. The van der Waals surface area contributed by atoms with Crippen LogP contribution in [0.1, 0.15) is 31.9 Å². The van der Waals surface area contributed by atoms with E-state index in [1.807, 2.05) is 82.2 Å². The third-order valence-corrected chi connectivity index (χ3v) is 5.68. The summed E-state index contributed by atoms with van der Waals surface area (Å²) in [4.78, 5) is 6.79. The maximum Gasteiger partial charge on any atom is 0.241 e. The average molecular weight is 530 g/mol. The van der Waals surface area contributed by atoms with E-state index in [2.05, 4.69) is 15.0 Å². The lowest BCUT2D eigenvalue weighted by Crippen LogP contribution is -2.41. The van der Waals surface area contributed by atoms with E-state index >= 15 is 0 Å². The number of guanidine groups is 1. The van der Waals surface area contributed by atoms with E-state index in [0.717, 1.165) is 5.56 Å². The number of aliphatic imine (C=N–C) groups is 1. The molecule has 0 aliphatic rings. The summed E-state index contributed by atoms with van der Waals surface area (Å²) in [6.07, 6.45) is 0. The van der Waals surface area contributed by atoms with Crippen molar-refractivity contribution in [1.29, 1.82) is 0 Å². The average Bonchev–Trinajstić information content (AvgIpc) is 2.60. The van der Waals surface area contributed by atoms with Crippen molar-refractivity contribution in [3.63, 3.8) is 0 Å². The molecule has 0 spiro atoms. The molecule has 0 bridgehead atoms. The second kappa shape index (κ2) is 10.9. The van der Waals surface area contributed by atoms with Crippen molar-refractivity contribution in [2.75, 3.05) is 14.1 Å². The van der Waals surface area contributed by atoms with E-state index in [9.17, 15) is 8.42 Å². The number of hydrogen-bond acceptors (Lipinski definition) is 3. The van der Waals surface area contributed by atoms with Gasteiger partial charge in [0.2, 0.25) is 10.0 Å². The summed E-state index contributed by atoms with van der Waals surface area (Å²) in [5.41, 5.74) is 1.25. The Hall–Kier alpha value is -1.65. The molecule has 0 amide bonds. The highest BCUT2D eigenvalue weighted by molar-refractivity contribution is 14.0. The highest BCUT2D eigenvalue weighted by Gasteiger charge is 2.24. The van der Waals surface area contributed by atoms with Gasteiger partial charge in [0.15, 0.2) is 5.96 Å². The van der Waals surface area contributed by atoms with Crippen molar-refractivity contribution in [2.45, 2.75) is 44.3 Å². The summed E-state index contributed by atoms with van der Waals surface area (Å²) in [6.45, 7) is 6.38. The van der Waals surface area contributed by atoms with E-state index < -0.39 is 15.6 Å². The molecule has 0 aromatic heterocycles. The van der Waals surface area contributed by atoms with Gasteiger partial charge < -0.3 is 10.2 Å². The summed E-state index contributed by atoms with van der Waals surface area (Å²) in [6, 6.07) is 17.0. The Morgan fingerprint density at radius 1 is 1.00 bits per heavy atom. The van der Waals surface area contributed by atoms with Gasteiger partial charge in [-0.15, -0.1) is 24.0 Å². The summed E-state index contributed by atoms with van der Waals surface area (Å²) >= 11 is 0. The van der Waals surface area contributed by atoms with E-state index in [-0.39, 0.29) is 28.9 Å². The van der Waals surface area contributed by atoms with Gasteiger partial charge in [-0.2, -0.15) is 0 Å². The first-order valence-corrected chi connectivity index (χ1v) is 10.7. The SMILES string of the molecule is CN(C)C(=NCc1ccccc1)NCc1ccccc1S(=O)(=O)NC(C)(C)C.I. The number of nitrogens with zero attached hydrogens (tertiary/aromatic N) is 2. The van der Waals surface area contributed by atoms with Crippen LogP contribution in [0.25, 0.3) is 0 Å². The molecule has 0 aliphatic carbocycles.